The van der Waals surface area contributed by atoms with Crippen LogP contribution < -0.4 is 0 Å². The Morgan fingerprint density at radius 1 is 1.56 bits per heavy atom. The molecule has 0 saturated heterocycles. The molecular formula is C11H14ClNO3. The average Bonchev–Trinajstić information content (AvgIpc) is 2.26. The third kappa shape index (κ3) is 3.47. The molecule has 5 heteroatoms. The minimum atomic E-state index is -0.476. The van der Waals surface area contributed by atoms with Gasteiger partial charge >= 0.3 is 0 Å². The first kappa shape index (κ1) is 12.9. The van der Waals surface area contributed by atoms with Crippen molar-refractivity contribution in [1.29, 1.82) is 0 Å². The molecule has 0 aromatic heterocycles. The van der Waals surface area contributed by atoms with Crippen LogP contribution in [0.25, 0.3) is 0 Å². The van der Waals surface area contributed by atoms with Crippen LogP contribution in [0.5, 0.6) is 0 Å². The van der Waals surface area contributed by atoms with Crippen molar-refractivity contribution in [3.8, 4) is 0 Å². The largest absolute Gasteiger partial charge is 0.393 e. The number of hydrogen-bond donors (Lipinski definition) is 1. The normalized spacial score (nSPS) is 12.4. The van der Waals surface area contributed by atoms with Crippen molar-refractivity contribution in [3.05, 3.63) is 38.9 Å². The summed E-state index contributed by atoms with van der Waals surface area (Å²) in [5, 5.41) is 20.3. The lowest BCUT2D eigenvalue weighted by Gasteiger charge is -2.08. The Bertz CT molecular complexity index is 381. The summed E-state index contributed by atoms with van der Waals surface area (Å²) in [4.78, 5) is 10.0. The molecule has 1 rings (SSSR count). The van der Waals surface area contributed by atoms with Gasteiger partial charge in [0.2, 0.25) is 0 Å². The van der Waals surface area contributed by atoms with Gasteiger partial charge in [-0.3, -0.25) is 10.1 Å². The lowest BCUT2D eigenvalue weighted by molar-refractivity contribution is -0.384. The standard InChI is InChI=1S/C11H14ClNO3/c1-2-10(14)6-4-8-3-5-9(13(15)16)7-11(8)12/h3,5,7,10,14H,2,4,6H2,1H3. The van der Waals surface area contributed by atoms with Gasteiger partial charge in [-0.2, -0.15) is 0 Å². The topological polar surface area (TPSA) is 63.4 Å². The first-order chi connectivity index (χ1) is 7.54. The van der Waals surface area contributed by atoms with Crippen LogP contribution in [-0.2, 0) is 6.42 Å². The molecule has 16 heavy (non-hydrogen) atoms. The molecule has 0 aliphatic rings. The van der Waals surface area contributed by atoms with Crippen molar-refractivity contribution in [2.24, 2.45) is 0 Å². The number of aliphatic hydroxyl groups excluding tert-OH is 1. The van der Waals surface area contributed by atoms with Gasteiger partial charge in [0, 0.05) is 12.1 Å². The number of nitrogens with zero attached hydrogens (tertiary/aromatic N) is 1. The summed E-state index contributed by atoms with van der Waals surface area (Å²) in [5.74, 6) is 0. The molecule has 88 valence electrons. The van der Waals surface area contributed by atoms with Crippen LogP contribution in [0.1, 0.15) is 25.3 Å². The van der Waals surface area contributed by atoms with Crippen LogP contribution in [0.2, 0.25) is 5.02 Å². The van der Waals surface area contributed by atoms with E-state index < -0.39 is 4.92 Å². The van der Waals surface area contributed by atoms with Gasteiger partial charge in [-0.05, 0) is 24.8 Å². The van der Waals surface area contributed by atoms with E-state index in [9.17, 15) is 15.2 Å². The second-order valence-electron chi connectivity index (χ2n) is 3.63. The predicted octanol–water partition coefficient (Wildman–Crippen LogP) is 2.95. The molecule has 0 fully saturated rings. The smallest absolute Gasteiger partial charge is 0.270 e. The van der Waals surface area contributed by atoms with E-state index in [2.05, 4.69) is 0 Å². The fraction of sp³-hybridized carbons (Fsp3) is 0.455. The number of aliphatic hydroxyl groups is 1. The maximum atomic E-state index is 10.5. The SMILES string of the molecule is CCC(O)CCc1ccc([N+](=O)[O-])cc1Cl. The Kier molecular flexibility index (Phi) is 4.71. The predicted molar refractivity (Wildman–Crippen MR) is 62.7 cm³/mol. The molecule has 0 amide bonds. The number of non-ortho nitro benzene ring substituents is 1. The number of halogens is 1. The number of rotatable bonds is 5. The zero-order valence-corrected chi connectivity index (χ0v) is 9.78. The summed E-state index contributed by atoms with van der Waals surface area (Å²) in [6.07, 6.45) is 1.61. The molecule has 0 saturated carbocycles. The van der Waals surface area contributed by atoms with Gasteiger partial charge < -0.3 is 5.11 Å². The highest BCUT2D eigenvalue weighted by Crippen LogP contribution is 2.23. The Labute approximate surface area is 99.0 Å². The van der Waals surface area contributed by atoms with Crippen LogP contribution in [0.4, 0.5) is 5.69 Å². The highest BCUT2D eigenvalue weighted by molar-refractivity contribution is 6.31. The zero-order chi connectivity index (χ0) is 12.1. The summed E-state index contributed by atoms with van der Waals surface area (Å²) in [6, 6.07) is 4.41. The first-order valence-corrected chi connectivity index (χ1v) is 5.53. The van der Waals surface area contributed by atoms with Crippen molar-refractivity contribution >= 4 is 17.3 Å². The molecule has 0 aliphatic heterocycles. The van der Waals surface area contributed by atoms with Gasteiger partial charge in [0.05, 0.1) is 16.0 Å². The Morgan fingerprint density at radius 3 is 2.75 bits per heavy atom. The number of benzene rings is 1. The second-order valence-corrected chi connectivity index (χ2v) is 4.04. The van der Waals surface area contributed by atoms with E-state index in [0.29, 0.717) is 24.3 Å². The maximum absolute atomic E-state index is 10.5. The molecule has 0 spiro atoms. The van der Waals surface area contributed by atoms with Gasteiger partial charge in [0.1, 0.15) is 0 Å². The average molecular weight is 244 g/mol. The third-order valence-electron chi connectivity index (χ3n) is 2.47. The molecule has 1 unspecified atom stereocenters. The van der Waals surface area contributed by atoms with Gasteiger partial charge in [0.15, 0.2) is 0 Å². The highest BCUT2D eigenvalue weighted by atomic mass is 35.5. The molecule has 0 heterocycles. The van der Waals surface area contributed by atoms with Crippen LogP contribution >= 0.6 is 11.6 Å². The molecule has 1 N–H and O–H groups in total. The van der Waals surface area contributed by atoms with Crippen LogP contribution in [0.3, 0.4) is 0 Å². The van der Waals surface area contributed by atoms with Crippen molar-refractivity contribution in [1.82, 2.24) is 0 Å². The molecule has 1 aromatic carbocycles. The van der Waals surface area contributed by atoms with E-state index >= 15 is 0 Å². The molecular weight excluding hydrogens is 230 g/mol. The number of hydrogen-bond acceptors (Lipinski definition) is 3. The maximum Gasteiger partial charge on any atom is 0.270 e. The number of nitro benzene ring substituents is 1. The van der Waals surface area contributed by atoms with Crippen molar-refractivity contribution in [3.63, 3.8) is 0 Å². The minimum absolute atomic E-state index is 0.00945. The number of nitro groups is 1. The van der Waals surface area contributed by atoms with Crippen LogP contribution in [-0.4, -0.2) is 16.1 Å². The fourth-order valence-electron chi connectivity index (χ4n) is 1.38. The Morgan fingerprint density at radius 2 is 2.25 bits per heavy atom. The molecule has 1 aromatic rings. The zero-order valence-electron chi connectivity index (χ0n) is 9.02. The lowest BCUT2D eigenvalue weighted by atomic mass is 10.1. The summed E-state index contributed by atoms with van der Waals surface area (Å²) in [7, 11) is 0. The monoisotopic (exact) mass is 243 g/mol. The summed E-state index contributed by atoms with van der Waals surface area (Å²) in [5.41, 5.74) is 0.824. The molecule has 0 bridgehead atoms. The lowest BCUT2D eigenvalue weighted by Crippen LogP contribution is -2.05. The van der Waals surface area contributed by atoms with Gasteiger partial charge in [0.25, 0.3) is 5.69 Å². The van der Waals surface area contributed by atoms with E-state index in [4.69, 9.17) is 11.6 Å². The van der Waals surface area contributed by atoms with E-state index in [0.717, 1.165) is 5.56 Å². The molecule has 0 radical (unpaired) electrons. The first-order valence-electron chi connectivity index (χ1n) is 5.15. The van der Waals surface area contributed by atoms with Gasteiger partial charge in [-0.15, -0.1) is 0 Å². The summed E-state index contributed by atoms with van der Waals surface area (Å²) in [6.45, 7) is 1.90. The van der Waals surface area contributed by atoms with Crippen LogP contribution in [0, 0.1) is 10.1 Å². The van der Waals surface area contributed by atoms with Gasteiger partial charge in [-0.25, -0.2) is 0 Å². The van der Waals surface area contributed by atoms with Crippen molar-refractivity contribution in [2.45, 2.75) is 32.3 Å². The van der Waals surface area contributed by atoms with Gasteiger partial charge in [-0.1, -0.05) is 24.6 Å². The molecule has 0 aliphatic carbocycles. The van der Waals surface area contributed by atoms with E-state index in [1.807, 2.05) is 6.92 Å². The van der Waals surface area contributed by atoms with E-state index in [1.54, 1.807) is 6.07 Å². The second kappa shape index (κ2) is 5.82. The number of aryl methyl sites for hydroxylation is 1. The van der Waals surface area contributed by atoms with Crippen molar-refractivity contribution < 1.29 is 10.0 Å². The quantitative estimate of drug-likeness (QED) is 0.639. The molecule has 1 atom stereocenters. The summed E-state index contributed by atoms with van der Waals surface area (Å²) < 4.78 is 0. The summed E-state index contributed by atoms with van der Waals surface area (Å²) >= 11 is 5.91. The molecule has 4 nitrogen and oxygen atoms in total. The van der Waals surface area contributed by atoms with E-state index in [1.165, 1.54) is 12.1 Å². The highest BCUT2D eigenvalue weighted by Gasteiger charge is 2.10. The Hall–Kier alpha value is -1.13. The van der Waals surface area contributed by atoms with Crippen LogP contribution in [0.15, 0.2) is 18.2 Å². The fourth-order valence-corrected chi connectivity index (χ4v) is 1.65. The Balaban J connectivity index is 2.72. The minimum Gasteiger partial charge on any atom is -0.393 e. The van der Waals surface area contributed by atoms with E-state index in [-0.39, 0.29) is 11.8 Å². The third-order valence-corrected chi connectivity index (χ3v) is 2.82. The van der Waals surface area contributed by atoms with Crippen molar-refractivity contribution in [2.75, 3.05) is 0 Å².